The molecule has 0 spiro atoms. The number of carbonyl (C=O) groups excluding carboxylic acids is 1. The maximum absolute atomic E-state index is 10.9. The van der Waals surface area contributed by atoms with Crippen molar-refractivity contribution in [1.29, 1.82) is 0 Å². The fourth-order valence-electron chi connectivity index (χ4n) is 1.99. The Kier molecular flexibility index (Phi) is 4.59. The maximum Gasteiger partial charge on any atom is 0.174 e. The van der Waals surface area contributed by atoms with Crippen LogP contribution in [0.1, 0.15) is 10.9 Å². The number of carboxylic acid groups (broad SMARTS) is 1. The topological polar surface area (TPSA) is 75.2 Å². The van der Waals surface area contributed by atoms with Crippen LogP contribution in [0.3, 0.4) is 0 Å². The van der Waals surface area contributed by atoms with Gasteiger partial charge in [-0.3, -0.25) is 0 Å². The summed E-state index contributed by atoms with van der Waals surface area (Å²) in [5.41, 5.74) is 0.985. The average Bonchev–Trinajstić information content (AvgIpc) is 2.87. The fraction of sp³-hybridized carbons (Fsp3) is 0.417. The molecule has 0 bridgehead atoms. The Hall–Kier alpha value is -0.920. The zero-order valence-corrected chi connectivity index (χ0v) is 12.9. The third-order valence-electron chi connectivity index (χ3n) is 2.95. The minimum atomic E-state index is -1.02. The lowest BCUT2D eigenvalue weighted by Gasteiger charge is -2.15. The Labute approximate surface area is 123 Å². The molecule has 1 heterocycles. The van der Waals surface area contributed by atoms with E-state index < -0.39 is 12.0 Å². The van der Waals surface area contributed by atoms with Crippen LogP contribution in [0.4, 0.5) is 0 Å². The second kappa shape index (κ2) is 6.02. The van der Waals surface area contributed by atoms with Gasteiger partial charge in [-0.15, -0.1) is 0 Å². The molecule has 2 atom stereocenters. The molecule has 2 rings (SSSR count). The van der Waals surface area contributed by atoms with Crippen LogP contribution in [0.2, 0.25) is 0 Å². The van der Waals surface area contributed by atoms with E-state index >= 15 is 0 Å². The Bertz CT molecular complexity index is 497. The SMILES string of the molecule is COc1cc([C@@H]2[NH2+][C@@H](C(=O)[O-])CS2)cc(Br)c1OC. The molecule has 5 nitrogen and oxygen atoms in total. The number of aliphatic carboxylic acids is 1. The van der Waals surface area contributed by atoms with Crippen LogP contribution in [-0.2, 0) is 4.79 Å². The molecule has 0 amide bonds. The predicted octanol–water partition coefficient (Wildman–Crippen LogP) is -0.106. The van der Waals surface area contributed by atoms with Crippen molar-refractivity contribution < 1.29 is 24.7 Å². The fourth-order valence-corrected chi connectivity index (χ4v) is 3.90. The first-order valence-corrected chi connectivity index (χ1v) is 7.50. The van der Waals surface area contributed by atoms with Crippen LogP contribution in [0.15, 0.2) is 16.6 Å². The summed E-state index contributed by atoms with van der Waals surface area (Å²) in [5.74, 6) is 0.775. The molecular formula is C12H14BrNO4S. The van der Waals surface area contributed by atoms with E-state index in [4.69, 9.17) is 9.47 Å². The normalized spacial score (nSPS) is 22.3. The van der Waals surface area contributed by atoms with E-state index in [-0.39, 0.29) is 5.37 Å². The number of hydrogen-bond acceptors (Lipinski definition) is 5. The highest BCUT2D eigenvalue weighted by Gasteiger charge is 2.31. The third kappa shape index (κ3) is 2.98. The summed E-state index contributed by atoms with van der Waals surface area (Å²) >= 11 is 5.01. The Morgan fingerprint density at radius 1 is 1.47 bits per heavy atom. The van der Waals surface area contributed by atoms with Crippen molar-refractivity contribution >= 4 is 33.7 Å². The highest BCUT2D eigenvalue weighted by atomic mass is 79.9. The Balaban J connectivity index is 2.27. The summed E-state index contributed by atoms with van der Waals surface area (Å²) in [5, 5.41) is 12.7. The summed E-state index contributed by atoms with van der Waals surface area (Å²) in [4.78, 5) is 10.9. The van der Waals surface area contributed by atoms with Crippen molar-refractivity contribution in [1.82, 2.24) is 0 Å². The molecule has 1 aliphatic rings. The lowest BCUT2D eigenvalue weighted by Crippen LogP contribution is -2.90. The summed E-state index contributed by atoms with van der Waals surface area (Å²) in [6.45, 7) is 0. The van der Waals surface area contributed by atoms with E-state index in [1.165, 1.54) is 0 Å². The van der Waals surface area contributed by atoms with Gasteiger partial charge in [0.15, 0.2) is 16.9 Å². The van der Waals surface area contributed by atoms with Gasteiger partial charge < -0.3 is 24.7 Å². The van der Waals surface area contributed by atoms with E-state index in [2.05, 4.69) is 15.9 Å². The van der Waals surface area contributed by atoms with Crippen LogP contribution >= 0.6 is 27.7 Å². The number of halogens is 1. The zero-order chi connectivity index (χ0) is 14.0. The van der Waals surface area contributed by atoms with Crippen molar-refractivity contribution in [2.24, 2.45) is 0 Å². The molecule has 7 heteroatoms. The van der Waals surface area contributed by atoms with Gasteiger partial charge in [-0.1, -0.05) is 11.8 Å². The van der Waals surface area contributed by atoms with E-state index in [1.807, 2.05) is 12.1 Å². The van der Waals surface area contributed by atoms with Crippen molar-refractivity contribution in [3.05, 3.63) is 22.2 Å². The molecule has 1 aromatic rings. The van der Waals surface area contributed by atoms with Gasteiger partial charge in [-0.05, 0) is 28.1 Å². The number of nitrogens with two attached hydrogens (primary N) is 1. The molecule has 0 aromatic heterocycles. The zero-order valence-electron chi connectivity index (χ0n) is 10.5. The number of quaternary nitrogens is 1. The number of ether oxygens (including phenoxy) is 2. The van der Waals surface area contributed by atoms with Gasteiger partial charge in [-0.25, -0.2) is 0 Å². The largest absolute Gasteiger partial charge is 0.544 e. The molecule has 0 aliphatic carbocycles. The molecule has 2 N–H and O–H groups in total. The number of rotatable bonds is 4. The first-order valence-electron chi connectivity index (χ1n) is 5.65. The summed E-state index contributed by atoms with van der Waals surface area (Å²) in [6, 6.07) is 3.30. The van der Waals surface area contributed by atoms with E-state index in [9.17, 15) is 9.90 Å². The highest BCUT2D eigenvalue weighted by Crippen LogP contribution is 2.39. The minimum absolute atomic E-state index is 0.0269. The molecule has 1 saturated heterocycles. The van der Waals surface area contributed by atoms with E-state index in [1.54, 1.807) is 31.3 Å². The maximum atomic E-state index is 10.9. The first-order chi connectivity index (χ1) is 9.06. The van der Waals surface area contributed by atoms with Crippen LogP contribution in [0.25, 0.3) is 0 Å². The van der Waals surface area contributed by atoms with Gasteiger partial charge >= 0.3 is 0 Å². The number of methoxy groups -OCH3 is 2. The molecule has 104 valence electrons. The average molecular weight is 348 g/mol. The second-order valence-electron chi connectivity index (χ2n) is 4.11. The van der Waals surface area contributed by atoms with Crippen molar-refractivity contribution in [3.8, 4) is 11.5 Å². The van der Waals surface area contributed by atoms with Gasteiger partial charge in [0.25, 0.3) is 0 Å². The summed E-state index contributed by atoms with van der Waals surface area (Å²) in [7, 11) is 3.15. The van der Waals surface area contributed by atoms with Crippen LogP contribution in [0.5, 0.6) is 11.5 Å². The predicted molar refractivity (Wildman–Crippen MR) is 73.2 cm³/mol. The van der Waals surface area contributed by atoms with Gasteiger partial charge in [0, 0.05) is 5.56 Å². The molecule has 0 radical (unpaired) electrons. The minimum Gasteiger partial charge on any atom is -0.544 e. The van der Waals surface area contributed by atoms with Crippen molar-refractivity contribution in [2.45, 2.75) is 11.4 Å². The standard InChI is InChI=1S/C12H14BrNO4S/c1-17-9-4-6(3-7(13)10(9)18-2)11-14-8(5-19-11)12(15)16/h3-4,8,11,14H,5H2,1-2H3,(H,15,16)/t8-,11-/m1/s1. The lowest BCUT2D eigenvalue weighted by atomic mass is 10.2. The molecule has 0 unspecified atom stereocenters. The van der Waals surface area contributed by atoms with Gasteiger partial charge in [0.2, 0.25) is 0 Å². The number of benzene rings is 1. The Morgan fingerprint density at radius 3 is 2.74 bits per heavy atom. The van der Waals surface area contributed by atoms with Crippen molar-refractivity contribution in [2.75, 3.05) is 20.0 Å². The number of carboxylic acids is 1. The molecule has 0 saturated carbocycles. The number of thioether (sulfide) groups is 1. The third-order valence-corrected chi connectivity index (χ3v) is 4.88. The smallest absolute Gasteiger partial charge is 0.174 e. The van der Waals surface area contributed by atoms with Crippen LogP contribution < -0.4 is 19.9 Å². The molecule has 19 heavy (non-hydrogen) atoms. The van der Waals surface area contributed by atoms with Gasteiger partial charge in [0.1, 0.15) is 12.0 Å². The lowest BCUT2D eigenvalue weighted by molar-refractivity contribution is -0.690. The second-order valence-corrected chi connectivity index (χ2v) is 6.14. The molecule has 1 fully saturated rings. The van der Waals surface area contributed by atoms with Gasteiger partial charge in [-0.2, -0.15) is 0 Å². The number of hydrogen-bond donors (Lipinski definition) is 1. The monoisotopic (exact) mass is 347 g/mol. The molecule has 1 aliphatic heterocycles. The quantitative estimate of drug-likeness (QED) is 0.822. The highest BCUT2D eigenvalue weighted by molar-refractivity contribution is 9.10. The Morgan fingerprint density at radius 2 is 2.21 bits per heavy atom. The first kappa shape index (κ1) is 14.5. The van der Waals surface area contributed by atoms with E-state index in [0.29, 0.717) is 17.3 Å². The molecular weight excluding hydrogens is 334 g/mol. The van der Waals surface area contributed by atoms with Crippen molar-refractivity contribution in [3.63, 3.8) is 0 Å². The summed E-state index contributed by atoms with van der Waals surface area (Å²) < 4.78 is 11.3. The van der Waals surface area contributed by atoms with Gasteiger partial charge in [0.05, 0.1) is 24.4 Å². The molecule has 1 aromatic carbocycles. The van der Waals surface area contributed by atoms with Crippen LogP contribution in [-0.4, -0.2) is 32.0 Å². The number of carbonyl (C=O) groups is 1. The summed E-state index contributed by atoms with van der Waals surface area (Å²) in [6.07, 6.45) is 0. The van der Waals surface area contributed by atoms with E-state index in [0.717, 1.165) is 10.0 Å². The van der Waals surface area contributed by atoms with Crippen LogP contribution in [0, 0.1) is 0 Å².